The van der Waals surface area contributed by atoms with E-state index < -0.39 is 0 Å². The van der Waals surface area contributed by atoms with Gasteiger partial charge in [-0.15, -0.1) is 0 Å². The molecule has 2 aromatic rings. The predicted octanol–water partition coefficient (Wildman–Crippen LogP) is 2.85. The van der Waals surface area contributed by atoms with Crippen molar-refractivity contribution in [3.63, 3.8) is 0 Å². The third kappa shape index (κ3) is 2.60. The molecule has 0 saturated carbocycles. The minimum absolute atomic E-state index is 0.00222. The average Bonchev–Trinajstić information content (AvgIpc) is 2.28. The van der Waals surface area contributed by atoms with E-state index in [0.29, 0.717) is 11.4 Å². The monoisotopic (exact) mass is 231 g/mol. The fourth-order valence-electron chi connectivity index (χ4n) is 1.57. The van der Waals surface area contributed by atoms with Crippen LogP contribution < -0.4 is 10.1 Å². The first-order valence-electron chi connectivity index (χ1n) is 5.12. The summed E-state index contributed by atoms with van der Waals surface area (Å²) in [7, 11) is 1.58. The van der Waals surface area contributed by atoms with E-state index in [-0.39, 0.29) is 11.5 Å². The molecule has 4 heteroatoms. The summed E-state index contributed by atoms with van der Waals surface area (Å²) in [5.74, 6) is 0.695. The SMILES string of the molecule is COc1ccccc1Nc1cc(O)cc(O)c1. The van der Waals surface area contributed by atoms with E-state index in [1.807, 2.05) is 24.3 Å². The molecule has 0 atom stereocenters. The average molecular weight is 231 g/mol. The van der Waals surface area contributed by atoms with E-state index in [0.717, 1.165) is 5.69 Å². The molecule has 2 rings (SSSR count). The van der Waals surface area contributed by atoms with Crippen LogP contribution in [0, 0.1) is 0 Å². The van der Waals surface area contributed by atoms with Crippen LogP contribution >= 0.6 is 0 Å². The van der Waals surface area contributed by atoms with Crippen molar-refractivity contribution in [3.05, 3.63) is 42.5 Å². The predicted molar refractivity (Wildman–Crippen MR) is 66.0 cm³/mol. The summed E-state index contributed by atoms with van der Waals surface area (Å²) in [6.07, 6.45) is 0. The zero-order chi connectivity index (χ0) is 12.3. The van der Waals surface area contributed by atoms with Gasteiger partial charge < -0.3 is 20.3 Å². The smallest absolute Gasteiger partial charge is 0.142 e. The molecule has 0 unspecified atom stereocenters. The topological polar surface area (TPSA) is 61.7 Å². The van der Waals surface area contributed by atoms with E-state index in [2.05, 4.69) is 5.32 Å². The standard InChI is InChI=1S/C13H13NO3/c1-17-13-5-3-2-4-12(13)14-9-6-10(15)8-11(16)7-9/h2-8,14-16H,1H3. The lowest BCUT2D eigenvalue weighted by molar-refractivity contribution is 0.417. The van der Waals surface area contributed by atoms with Crippen LogP contribution in [0.15, 0.2) is 42.5 Å². The highest BCUT2D eigenvalue weighted by molar-refractivity contribution is 5.68. The van der Waals surface area contributed by atoms with Gasteiger partial charge >= 0.3 is 0 Å². The Kier molecular flexibility index (Phi) is 3.05. The van der Waals surface area contributed by atoms with E-state index in [1.54, 1.807) is 7.11 Å². The Morgan fingerprint density at radius 1 is 1.00 bits per heavy atom. The highest BCUT2D eigenvalue weighted by Gasteiger charge is 2.03. The zero-order valence-electron chi connectivity index (χ0n) is 9.34. The fraction of sp³-hybridized carbons (Fsp3) is 0.0769. The maximum absolute atomic E-state index is 9.37. The van der Waals surface area contributed by atoms with Gasteiger partial charge in [0, 0.05) is 23.9 Å². The quantitative estimate of drug-likeness (QED) is 0.760. The van der Waals surface area contributed by atoms with Gasteiger partial charge in [-0.05, 0) is 12.1 Å². The highest BCUT2D eigenvalue weighted by Crippen LogP contribution is 2.30. The third-order valence-corrected chi connectivity index (χ3v) is 2.29. The van der Waals surface area contributed by atoms with Crippen LogP contribution in [0.5, 0.6) is 17.2 Å². The summed E-state index contributed by atoms with van der Waals surface area (Å²) >= 11 is 0. The Bertz CT molecular complexity index is 506. The molecule has 0 fully saturated rings. The third-order valence-electron chi connectivity index (χ3n) is 2.29. The van der Waals surface area contributed by atoms with E-state index >= 15 is 0 Å². The van der Waals surface area contributed by atoms with E-state index in [4.69, 9.17) is 4.74 Å². The van der Waals surface area contributed by atoms with Crippen LogP contribution in [0.3, 0.4) is 0 Å². The van der Waals surface area contributed by atoms with Crippen molar-refractivity contribution in [2.24, 2.45) is 0 Å². The first-order chi connectivity index (χ1) is 8.19. The summed E-state index contributed by atoms with van der Waals surface area (Å²) in [5.41, 5.74) is 1.35. The summed E-state index contributed by atoms with van der Waals surface area (Å²) in [5, 5.41) is 21.8. The molecule has 17 heavy (non-hydrogen) atoms. The van der Waals surface area contributed by atoms with Gasteiger partial charge in [0.2, 0.25) is 0 Å². The van der Waals surface area contributed by atoms with Crippen LogP contribution in [0.4, 0.5) is 11.4 Å². The summed E-state index contributed by atoms with van der Waals surface area (Å²) in [6.45, 7) is 0. The van der Waals surface area contributed by atoms with Crippen molar-refractivity contribution in [1.82, 2.24) is 0 Å². The zero-order valence-corrected chi connectivity index (χ0v) is 9.34. The summed E-state index contributed by atoms with van der Waals surface area (Å²) in [4.78, 5) is 0. The second-order valence-corrected chi connectivity index (χ2v) is 3.56. The second-order valence-electron chi connectivity index (χ2n) is 3.56. The number of benzene rings is 2. The lowest BCUT2D eigenvalue weighted by Crippen LogP contribution is -1.93. The number of para-hydroxylation sites is 2. The normalized spacial score (nSPS) is 9.94. The van der Waals surface area contributed by atoms with Crippen LogP contribution in [-0.2, 0) is 0 Å². The van der Waals surface area contributed by atoms with Crippen molar-refractivity contribution >= 4 is 11.4 Å². The lowest BCUT2D eigenvalue weighted by Gasteiger charge is -2.11. The lowest BCUT2D eigenvalue weighted by atomic mass is 10.2. The molecule has 88 valence electrons. The molecule has 0 radical (unpaired) electrons. The minimum Gasteiger partial charge on any atom is -0.508 e. The maximum atomic E-state index is 9.37. The van der Waals surface area contributed by atoms with Gasteiger partial charge in [-0.3, -0.25) is 0 Å². The Morgan fingerprint density at radius 2 is 1.65 bits per heavy atom. The molecule has 0 spiro atoms. The van der Waals surface area contributed by atoms with Gasteiger partial charge in [0.25, 0.3) is 0 Å². The van der Waals surface area contributed by atoms with Crippen molar-refractivity contribution in [2.75, 3.05) is 12.4 Å². The van der Waals surface area contributed by atoms with E-state index in [1.165, 1.54) is 18.2 Å². The number of methoxy groups -OCH3 is 1. The number of nitrogens with one attached hydrogen (secondary N) is 1. The van der Waals surface area contributed by atoms with Gasteiger partial charge in [0.15, 0.2) is 0 Å². The summed E-state index contributed by atoms with van der Waals surface area (Å²) < 4.78 is 5.19. The number of hydrogen-bond acceptors (Lipinski definition) is 4. The molecule has 0 aliphatic carbocycles. The molecule has 0 bridgehead atoms. The molecule has 4 nitrogen and oxygen atoms in total. The first kappa shape index (κ1) is 11.1. The van der Waals surface area contributed by atoms with Crippen LogP contribution in [0.2, 0.25) is 0 Å². The number of aromatic hydroxyl groups is 2. The van der Waals surface area contributed by atoms with Gasteiger partial charge in [0.05, 0.1) is 12.8 Å². The van der Waals surface area contributed by atoms with Gasteiger partial charge in [0.1, 0.15) is 17.2 Å². The maximum Gasteiger partial charge on any atom is 0.142 e. The fourth-order valence-corrected chi connectivity index (χ4v) is 1.57. The molecule has 2 aromatic carbocycles. The number of phenols is 2. The van der Waals surface area contributed by atoms with Gasteiger partial charge in [-0.25, -0.2) is 0 Å². The molecule has 0 saturated heterocycles. The van der Waals surface area contributed by atoms with Crippen LogP contribution in [0.1, 0.15) is 0 Å². The molecule has 3 N–H and O–H groups in total. The molecule has 0 aliphatic heterocycles. The van der Waals surface area contributed by atoms with Crippen molar-refractivity contribution < 1.29 is 14.9 Å². The Hall–Kier alpha value is -2.36. The molecular formula is C13H13NO3. The van der Waals surface area contributed by atoms with Gasteiger partial charge in [-0.1, -0.05) is 12.1 Å². The Morgan fingerprint density at radius 3 is 2.29 bits per heavy atom. The number of anilines is 2. The van der Waals surface area contributed by atoms with Gasteiger partial charge in [-0.2, -0.15) is 0 Å². The van der Waals surface area contributed by atoms with Crippen LogP contribution in [-0.4, -0.2) is 17.3 Å². The van der Waals surface area contributed by atoms with Crippen molar-refractivity contribution in [2.45, 2.75) is 0 Å². The molecular weight excluding hydrogens is 218 g/mol. The number of phenolic OH excluding ortho intramolecular Hbond substituents is 2. The van der Waals surface area contributed by atoms with Crippen molar-refractivity contribution in [1.29, 1.82) is 0 Å². The largest absolute Gasteiger partial charge is 0.508 e. The molecule has 0 amide bonds. The highest BCUT2D eigenvalue weighted by atomic mass is 16.5. The second kappa shape index (κ2) is 4.65. The molecule has 0 aliphatic rings. The first-order valence-corrected chi connectivity index (χ1v) is 5.12. The number of rotatable bonds is 3. The molecule has 0 heterocycles. The van der Waals surface area contributed by atoms with Crippen LogP contribution in [0.25, 0.3) is 0 Å². The number of hydrogen-bond donors (Lipinski definition) is 3. The Labute approximate surface area is 99.1 Å². The Balaban J connectivity index is 2.31. The van der Waals surface area contributed by atoms with E-state index in [9.17, 15) is 10.2 Å². The molecule has 0 aromatic heterocycles. The number of ether oxygens (including phenoxy) is 1. The summed E-state index contributed by atoms with van der Waals surface area (Å²) in [6, 6.07) is 11.7. The van der Waals surface area contributed by atoms with Crippen molar-refractivity contribution in [3.8, 4) is 17.2 Å². The minimum atomic E-state index is 0.00222.